The molecule has 1 rings (SSSR count). The van der Waals surface area contributed by atoms with E-state index in [1.165, 1.54) is 0 Å². The van der Waals surface area contributed by atoms with E-state index < -0.39 is 6.29 Å². The van der Waals surface area contributed by atoms with Crippen molar-refractivity contribution in [3.05, 3.63) is 0 Å². The Kier molecular flexibility index (Phi) is 3.18. The first kappa shape index (κ1) is 9.32. The summed E-state index contributed by atoms with van der Waals surface area (Å²) in [6.07, 6.45) is -0.725. The minimum absolute atomic E-state index is 0.0187. The number of hydrogen-bond donors (Lipinski definition) is 1. The van der Waals surface area contributed by atoms with E-state index in [-0.39, 0.29) is 17.5 Å². The number of rotatable bonds is 1. The van der Waals surface area contributed by atoms with Gasteiger partial charge < -0.3 is 14.6 Å². The first-order valence-electron chi connectivity index (χ1n) is 3.67. The standard InChI is InChI=1S/C7H13O3S/c1-4-7(11)5(9-2)3-6(8)10-4/h4-7,11H,3H2,1-2H3/q-1/t4-,5+,6-,7-/m1/s1. The molecule has 1 heterocycles. The Morgan fingerprint density at radius 2 is 2.27 bits per heavy atom. The molecule has 66 valence electrons. The van der Waals surface area contributed by atoms with Crippen LogP contribution in [-0.4, -0.2) is 30.9 Å². The first-order chi connectivity index (χ1) is 5.15. The van der Waals surface area contributed by atoms with Gasteiger partial charge in [-0.15, -0.1) is 0 Å². The topological polar surface area (TPSA) is 41.5 Å². The molecular weight excluding hydrogens is 164 g/mol. The van der Waals surface area contributed by atoms with Crippen LogP contribution in [0.3, 0.4) is 0 Å². The predicted molar refractivity (Wildman–Crippen MR) is 42.5 cm³/mol. The van der Waals surface area contributed by atoms with Crippen LogP contribution in [0, 0.1) is 0 Å². The molecule has 1 aliphatic rings. The van der Waals surface area contributed by atoms with Crippen molar-refractivity contribution in [3.8, 4) is 0 Å². The minimum Gasteiger partial charge on any atom is -0.831 e. The van der Waals surface area contributed by atoms with Crippen molar-refractivity contribution in [1.29, 1.82) is 0 Å². The highest BCUT2D eigenvalue weighted by Crippen LogP contribution is 2.23. The van der Waals surface area contributed by atoms with Gasteiger partial charge in [0.1, 0.15) is 0 Å². The highest BCUT2D eigenvalue weighted by atomic mass is 32.1. The summed E-state index contributed by atoms with van der Waals surface area (Å²) < 4.78 is 10.1. The van der Waals surface area contributed by atoms with Gasteiger partial charge in [0.15, 0.2) is 0 Å². The molecule has 1 saturated heterocycles. The monoisotopic (exact) mass is 177 g/mol. The molecule has 0 unspecified atom stereocenters. The fourth-order valence-electron chi connectivity index (χ4n) is 1.24. The summed E-state index contributed by atoms with van der Waals surface area (Å²) in [5.41, 5.74) is 0. The molecule has 0 aromatic rings. The van der Waals surface area contributed by atoms with Gasteiger partial charge in [0.2, 0.25) is 0 Å². The van der Waals surface area contributed by atoms with Gasteiger partial charge in [-0.1, -0.05) is 0 Å². The SMILES string of the molecule is CO[C@H]1C[C@H]([O-])O[C@H](C)[C@H]1S. The number of thiol groups is 1. The zero-order valence-corrected chi connectivity index (χ0v) is 7.58. The van der Waals surface area contributed by atoms with E-state index in [0.29, 0.717) is 6.42 Å². The third-order valence-electron chi connectivity index (χ3n) is 1.96. The fraction of sp³-hybridized carbons (Fsp3) is 1.00. The lowest BCUT2D eigenvalue weighted by Gasteiger charge is -2.40. The second kappa shape index (κ2) is 3.76. The molecule has 0 spiro atoms. The quantitative estimate of drug-likeness (QED) is 0.564. The van der Waals surface area contributed by atoms with Gasteiger partial charge in [-0.3, -0.25) is 0 Å². The molecule has 0 N–H and O–H groups in total. The molecule has 0 aliphatic carbocycles. The maximum atomic E-state index is 10.9. The lowest BCUT2D eigenvalue weighted by molar-refractivity contribution is -0.507. The number of methoxy groups -OCH3 is 1. The fourth-order valence-corrected chi connectivity index (χ4v) is 1.56. The van der Waals surface area contributed by atoms with E-state index >= 15 is 0 Å². The van der Waals surface area contributed by atoms with Crippen molar-refractivity contribution >= 4 is 12.6 Å². The Morgan fingerprint density at radius 3 is 2.82 bits per heavy atom. The summed E-state index contributed by atoms with van der Waals surface area (Å²) in [5, 5.41) is 11.0. The molecule has 4 atom stereocenters. The van der Waals surface area contributed by atoms with Crippen LogP contribution in [0.4, 0.5) is 0 Å². The minimum atomic E-state index is -0.946. The van der Waals surface area contributed by atoms with Gasteiger partial charge in [-0.2, -0.15) is 12.6 Å². The lowest BCUT2D eigenvalue weighted by Crippen LogP contribution is -2.49. The lowest BCUT2D eigenvalue weighted by atomic mass is 10.1. The van der Waals surface area contributed by atoms with E-state index in [4.69, 9.17) is 9.47 Å². The Labute approximate surface area is 72.1 Å². The molecule has 1 aliphatic heterocycles. The van der Waals surface area contributed by atoms with E-state index in [0.717, 1.165) is 0 Å². The largest absolute Gasteiger partial charge is 0.831 e. The summed E-state index contributed by atoms with van der Waals surface area (Å²) >= 11 is 4.28. The van der Waals surface area contributed by atoms with Crippen molar-refractivity contribution in [2.24, 2.45) is 0 Å². The zero-order chi connectivity index (χ0) is 8.43. The second-order valence-electron chi connectivity index (χ2n) is 2.77. The van der Waals surface area contributed by atoms with Crippen LogP contribution in [0.25, 0.3) is 0 Å². The maximum Gasteiger partial charge on any atom is 0.0723 e. The molecule has 3 nitrogen and oxygen atoms in total. The third-order valence-corrected chi connectivity index (χ3v) is 2.71. The van der Waals surface area contributed by atoms with E-state index in [1.54, 1.807) is 7.11 Å². The Bertz CT molecular complexity index is 131. The van der Waals surface area contributed by atoms with Gasteiger partial charge in [-0.05, 0) is 19.6 Å². The van der Waals surface area contributed by atoms with Crippen LogP contribution in [-0.2, 0) is 9.47 Å². The summed E-state index contributed by atoms with van der Waals surface area (Å²) in [5.74, 6) is 0. The van der Waals surface area contributed by atoms with Crippen molar-refractivity contribution < 1.29 is 14.6 Å². The summed E-state index contributed by atoms with van der Waals surface area (Å²) in [6.45, 7) is 1.84. The molecule has 0 aromatic carbocycles. The summed E-state index contributed by atoms with van der Waals surface area (Å²) in [4.78, 5) is 0. The maximum absolute atomic E-state index is 10.9. The van der Waals surface area contributed by atoms with Crippen molar-refractivity contribution in [1.82, 2.24) is 0 Å². The highest BCUT2D eigenvalue weighted by molar-refractivity contribution is 7.81. The van der Waals surface area contributed by atoms with Gasteiger partial charge in [0, 0.05) is 7.11 Å². The van der Waals surface area contributed by atoms with Gasteiger partial charge in [0.25, 0.3) is 0 Å². The Hall–Kier alpha value is 0.230. The molecule has 4 heteroatoms. The van der Waals surface area contributed by atoms with Gasteiger partial charge in [0.05, 0.1) is 17.5 Å². The number of hydrogen-bond acceptors (Lipinski definition) is 4. The van der Waals surface area contributed by atoms with Crippen molar-refractivity contribution in [2.75, 3.05) is 7.11 Å². The van der Waals surface area contributed by atoms with Crippen LogP contribution < -0.4 is 5.11 Å². The van der Waals surface area contributed by atoms with Crippen LogP contribution in [0.15, 0.2) is 0 Å². The summed E-state index contributed by atoms with van der Waals surface area (Å²) in [6, 6.07) is 0. The molecule has 11 heavy (non-hydrogen) atoms. The van der Waals surface area contributed by atoms with Gasteiger partial charge in [-0.25, -0.2) is 0 Å². The normalized spacial score (nSPS) is 45.8. The highest BCUT2D eigenvalue weighted by Gasteiger charge is 2.29. The predicted octanol–water partition coefficient (Wildman–Crippen LogP) is -0.205. The van der Waals surface area contributed by atoms with Crippen LogP contribution >= 0.6 is 12.6 Å². The van der Waals surface area contributed by atoms with Crippen LogP contribution in [0.5, 0.6) is 0 Å². The van der Waals surface area contributed by atoms with Gasteiger partial charge >= 0.3 is 0 Å². The molecule has 1 fully saturated rings. The van der Waals surface area contributed by atoms with E-state index in [2.05, 4.69) is 12.6 Å². The Morgan fingerprint density at radius 1 is 1.64 bits per heavy atom. The molecular formula is C7H13O3S-. The van der Waals surface area contributed by atoms with E-state index in [9.17, 15) is 5.11 Å². The third kappa shape index (κ3) is 2.08. The smallest absolute Gasteiger partial charge is 0.0723 e. The number of ether oxygens (including phenoxy) is 2. The van der Waals surface area contributed by atoms with Crippen molar-refractivity contribution in [2.45, 2.75) is 37.1 Å². The Balaban J connectivity index is 2.51. The average molecular weight is 177 g/mol. The summed E-state index contributed by atoms with van der Waals surface area (Å²) in [7, 11) is 1.60. The average Bonchev–Trinajstić information content (AvgIpc) is 1.96. The molecule has 0 bridgehead atoms. The van der Waals surface area contributed by atoms with Crippen LogP contribution in [0.2, 0.25) is 0 Å². The first-order valence-corrected chi connectivity index (χ1v) is 4.19. The molecule has 0 aromatic heterocycles. The molecule has 0 amide bonds. The molecule has 0 saturated carbocycles. The zero-order valence-electron chi connectivity index (χ0n) is 6.69. The molecule has 0 radical (unpaired) electrons. The second-order valence-corrected chi connectivity index (χ2v) is 3.37. The van der Waals surface area contributed by atoms with E-state index in [1.807, 2.05) is 6.92 Å². The van der Waals surface area contributed by atoms with Crippen LogP contribution in [0.1, 0.15) is 13.3 Å². The van der Waals surface area contributed by atoms with Crippen molar-refractivity contribution in [3.63, 3.8) is 0 Å².